The summed E-state index contributed by atoms with van der Waals surface area (Å²) in [5.41, 5.74) is 5.31. The van der Waals surface area contributed by atoms with E-state index >= 15 is 0 Å². The Morgan fingerprint density at radius 3 is 2.53 bits per heavy atom. The fraction of sp³-hybridized carbons (Fsp3) is 1.00. The van der Waals surface area contributed by atoms with Crippen molar-refractivity contribution in [2.75, 3.05) is 24.3 Å². The lowest BCUT2D eigenvalue weighted by Gasteiger charge is -2.15. The van der Waals surface area contributed by atoms with Gasteiger partial charge in [-0.1, -0.05) is 6.92 Å². The number of hydrogen-bond donors (Lipinski definition) is 2. The molecule has 0 radical (unpaired) electrons. The average Bonchev–Trinajstić information content (AvgIpc) is 2.17. The van der Waals surface area contributed by atoms with E-state index in [-0.39, 0.29) is 11.8 Å². The molecule has 0 aliphatic carbocycles. The molecule has 6 heteroatoms. The lowest BCUT2D eigenvalue weighted by molar-refractivity contribution is 0.555. The summed E-state index contributed by atoms with van der Waals surface area (Å²) < 4.78 is 25.9. The van der Waals surface area contributed by atoms with Crippen LogP contribution < -0.4 is 10.5 Å². The molecule has 0 aliphatic heterocycles. The van der Waals surface area contributed by atoms with Crippen molar-refractivity contribution in [3.05, 3.63) is 0 Å². The second kappa shape index (κ2) is 8.38. The van der Waals surface area contributed by atoms with Crippen LogP contribution in [0, 0.1) is 0 Å². The van der Waals surface area contributed by atoms with Gasteiger partial charge in [-0.15, -0.1) is 0 Å². The van der Waals surface area contributed by atoms with Gasteiger partial charge in [0, 0.05) is 11.8 Å². The standard InChI is InChI=1S/C9H22N2O2S2/c1-3-9(8-14-2)11-15(12,13)7-5-4-6-10/h9,11H,3-8,10H2,1-2H3. The van der Waals surface area contributed by atoms with Crippen molar-refractivity contribution < 1.29 is 8.42 Å². The second-order valence-electron chi connectivity index (χ2n) is 3.49. The molecule has 0 aliphatic rings. The molecule has 1 unspecified atom stereocenters. The zero-order valence-electron chi connectivity index (χ0n) is 9.53. The molecule has 0 spiro atoms. The molecule has 1 atom stereocenters. The van der Waals surface area contributed by atoms with Gasteiger partial charge >= 0.3 is 0 Å². The van der Waals surface area contributed by atoms with Gasteiger partial charge in [0.05, 0.1) is 5.75 Å². The van der Waals surface area contributed by atoms with Crippen LogP contribution in [-0.4, -0.2) is 38.8 Å². The third kappa shape index (κ3) is 8.07. The summed E-state index contributed by atoms with van der Waals surface area (Å²) in [6.07, 6.45) is 4.21. The van der Waals surface area contributed by atoms with E-state index < -0.39 is 10.0 Å². The summed E-state index contributed by atoms with van der Waals surface area (Å²) in [7, 11) is -3.11. The summed E-state index contributed by atoms with van der Waals surface area (Å²) in [5.74, 6) is 1.02. The first-order valence-corrected chi connectivity index (χ1v) is 8.29. The number of unbranched alkanes of at least 4 members (excludes halogenated alkanes) is 1. The quantitative estimate of drug-likeness (QED) is 0.597. The van der Waals surface area contributed by atoms with Crippen molar-refractivity contribution in [1.29, 1.82) is 0 Å². The van der Waals surface area contributed by atoms with Crippen LogP contribution in [0.15, 0.2) is 0 Å². The Balaban J connectivity index is 3.99. The molecule has 0 aromatic heterocycles. The lowest BCUT2D eigenvalue weighted by atomic mass is 10.3. The molecule has 0 rings (SSSR count). The zero-order valence-corrected chi connectivity index (χ0v) is 11.2. The molecular weight excluding hydrogens is 232 g/mol. The Bertz CT molecular complexity index is 242. The largest absolute Gasteiger partial charge is 0.330 e. The molecule has 0 aromatic carbocycles. The Hall–Kier alpha value is 0.220. The smallest absolute Gasteiger partial charge is 0.211 e. The second-order valence-corrected chi connectivity index (χ2v) is 6.28. The minimum atomic E-state index is -3.11. The van der Waals surface area contributed by atoms with Crippen LogP contribution in [0.3, 0.4) is 0 Å². The van der Waals surface area contributed by atoms with E-state index in [9.17, 15) is 8.42 Å². The summed E-state index contributed by atoms with van der Waals surface area (Å²) in [5, 5.41) is 0. The van der Waals surface area contributed by atoms with E-state index in [2.05, 4.69) is 4.72 Å². The summed E-state index contributed by atoms with van der Waals surface area (Å²) in [6.45, 7) is 2.54. The Kier molecular flexibility index (Phi) is 8.50. The summed E-state index contributed by atoms with van der Waals surface area (Å²) in [4.78, 5) is 0. The van der Waals surface area contributed by atoms with Crippen molar-refractivity contribution in [3.63, 3.8) is 0 Å². The molecule has 3 N–H and O–H groups in total. The van der Waals surface area contributed by atoms with Crippen molar-refractivity contribution in [2.45, 2.75) is 32.2 Å². The number of nitrogens with one attached hydrogen (secondary N) is 1. The highest BCUT2D eigenvalue weighted by Gasteiger charge is 2.15. The maximum Gasteiger partial charge on any atom is 0.211 e. The van der Waals surface area contributed by atoms with E-state index in [1.807, 2.05) is 13.2 Å². The van der Waals surface area contributed by atoms with Crippen LogP contribution in [-0.2, 0) is 10.0 Å². The van der Waals surface area contributed by atoms with Gasteiger partial charge in [-0.25, -0.2) is 13.1 Å². The van der Waals surface area contributed by atoms with Crippen LogP contribution in [0.25, 0.3) is 0 Å². The number of sulfonamides is 1. The van der Waals surface area contributed by atoms with Gasteiger partial charge in [0.15, 0.2) is 0 Å². The van der Waals surface area contributed by atoms with Gasteiger partial charge in [-0.3, -0.25) is 0 Å². The lowest BCUT2D eigenvalue weighted by Crippen LogP contribution is -2.37. The maximum atomic E-state index is 11.6. The topological polar surface area (TPSA) is 72.2 Å². The predicted octanol–water partition coefficient (Wildman–Crippen LogP) is 0.786. The SMILES string of the molecule is CCC(CSC)NS(=O)(=O)CCCCN. The molecule has 15 heavy (non-hydrogen) atoms. The van der Waals surface area contributed by atoms with Gasteiger partial charge < -0.3 is 5.73 Å². The van der Waals surface area contributed by atoms with Crippen molar-refractivity contribution >= 4 is 21.8 Å². The van der Waals surface area contributed by atoms with Crippen molar-refractivity contribution in [1.82, 2.24) is 4.72 Å². The molecular formula is C9H22N2O2S2. The fourth-order valence-electron chi connectivity index (χ4n) is 1.19. The minimum absolute atomic E-state index is 0.0582. The maximum absolute atomic E-state index is 11.6. The summed E-state index contributed by atoms with van der Waals surface area (Å²) >= 11 is 1.66. The molecule has 0 saturated carbocycles. The molecule has 0 heterocycles. The van der Waals surface area contributed by atoms with Gasteiger partial charge in [-0.05, 0) is 32.1 Å². The Morgan fingerprint density at radius 2 is 2.07 bits per heavy atom. The minimum Gasteiger partial charge on any atom is -0.330 e. The molecule has 0 fully saturated rings. The van der Waals surface area contributed by atoms with Crippen LogP contribution in [0.5, 0.6) is 0 Å². The van der Waals surface area contributed by atoms with E-state index in [1.54, 1.807) is 11.8 Å². The van der Waals surface area contributed by atoms with Crippen LogP contribution >= 0.6 is 11.8 Å². The first kappa shape index (κ1) is 15.2. The first-order chi connectivity index (χ1) is 7.05. The molecule has 0 amide bonds. The highest BCUT2D eigenvalue weighted by Crippen LogP contribution is 2.04. The Morgan fingerprint density at radius 1 is 1.40 bits per heavy atom. The van der Waals surface area contributed by atoms with Crippen molar-refractivity contribution in [2.24, 2.45) is 5.73 Å². The monoisotopic (exact) mass is 254 g/mol. The molecule has 0 aromatic rings. The third-order valence-electron chi connectivity index (χ3n) is 2.07. The molecule has 0 saturated heterocycles. The highest BCUT2D eigenvalue weighted by molar-refractivity contribution is 7.98. The van der Waals surface area contributed by atoms with Crippen LogP contribution in [0.2, 0.25) is 0 Å². The number of hydrogen-bond acceptors (Lipinski definition) is 4. The van der Waals surface area contributed by atoms with E-state index in [1.165, 1.54) is 0 Å². The predicted molar refractivity (Wildman–Crippen MR) is 67.7 cm³/mol. The van der Waals surface area contributed by atoms with Crippen LogP contribution in [0.1, 0.15) is 26.2 Å². The van der Waals surface area contributed by atoms with Crippen LogP contribution in [0.4, 0.5) is 0 Å². The molecule has 0 bridgehead atoms. The van der Waals surface area contributed by atoms with Gasteiger partial charge in [0.2, 0.25) is 10.0 Å². The van der Waals surface area contributed by atoms with Gasteiger partial charge in [0.1, 0.15) is 0 Å². The Labute approximate surface area is 97.4 Å². The third-order valence-corrected chi connectivity index (χ3v) is 4.33. The molecule has 4 nitrogen and oxygen atoms in total. The first-order valence-electron chi connectivity index (χ1n) is 5.24. The summed E-state index contributed by atoms with van der Waals surface area (Å²) in [6, 6.07) is 0.0582. The van der Waals surface area contributed by atoms with E-state index in [0.29, 0.717) is 13.0 Å². The number of rotatable bonds is 9. The van der Waals surface area contributed by atoms with Gasteiger partial charge in [0.25, 0.3) is 0 Å². The zero-order chi connectivity index (χ0) is 11.7. The average molecular weight is 254 g/mol. The highest BCUT2D eigenvalue weighted by atomic mass is 32.2. The van der Waals surface area contributed by atoms with Crippen molar-refractivity contribution in [3.8, 4) is 0 Å². The molecule has 92 valence electrons. The number of thioether (sulfide) groups is 1. The van der Waals surface area contributed by atoms with E-state index in [4.69, 9.17) is 5.73 Å². The van der Waals surface area contributed by atoms with Gasteiger partial charge in [-0.2, -0.15) is 11.8 Å². The van der Waals surface area contributed by atoms with E-state index in [0.717, 1.165) is 18.6 Å². The normalized spacial score (nSPS) is 14.1. The number of nitrogens with two attached hydrogens (primary N) is 1. The fourth-order valence-corrected chi connectivity index (χ4v) is 3.47.